The van der Waals surface area contributed by atoms with Gasteiger partial charge in [0.15, 0.2) is 17.4 Å². The topological polar surface area (TPSA) is 36.9 Å². The van der Waals surface area contributed by atoms with Crippen LogP contribution in [0.2, 0.25) is 0 Å². The largest absolute Gasteiger partial charge is 0.508 e. The molecule has 0 fully saturated rings. The molecule has 0 bridgehead atoms. The molecule has 9 aromatic rings. The zero-order valence-corrected chi connectivity index (χ0v) is 32.9. The minimum atomic E-state index is 0. The Morgan fingerprint density at radius 1 is 0.593 bits per heavy atom. The van der Waals surface area contributed by atoms with Gasteiger partial charge in [0.25, 0.3) is 0 Å². The van der Waals surface area contributed by atoms with Crippen molar-refractivity contribution in [3.63, 3.8) is 0 Å². The molecule has 268 valence electrons. The van der Waals surface area contributed by atoms with E-state index in [1.54, 1.807) is 0 Å². The molecule has 0 saturated carbocycles. The molecule has 0 radical (unpaired) electrons. The summed E-state index contributed by atoms with van der Waals surface area (Å²) in [6.45, 7) is 9.07. The summed E-state index contributed by atoms with van der Waals surface area (Å²) in [6.07, 6.45) is 4.04. The van der Waals surface area contributed by atoms with E-state index in [1.165, 1.54) is 22.3 Å². The number of rotatable bonds is 8. The molecule has 9 rings (SSSR count). The standard InChI is InChI=1S/C48H39N4O.Pt/c1-32(2)39-19-13-20-40(33(3)4)48(39)34-26-27-49-47(28-34)52-43-21-9-8-18-41(43)42-25-24-38(30-46(42)52)53-37-17-12-16-36(29-37)51-31-50(35-14-6-5-7-15-35)44-22-10-11-23-45(44)51;/h5-28,31-33H,1-4H3;/q-1;. The minimum Gasteiger partial charge on any atom is -0.508 e. The number of para-hydroxylation sites is 4. The second-order valence-electron chi connectivity index (χ2n) is 14.1. The van der Waals surface area contributed by atoms with Crippen LogP contribution < -0.4 is 4.74 Å². The van der Waals surface area contributed by atoms with Gasteiger partial charge in [0.05, 0.1) is 0 Å². The average Bonchev–Trinajstić information content (AvgIpc) is 3.74. The smallest absolute Gasteiger partial charge is 0.168 e. The summed E-state index contributed by atoms with van der Waals surface area (Å²) in [4.78, 5) is 4.96. The Bertz CT molecular complexity index is 2750. The van der Waals surface area contributed by atoms with Crippen LogP contribution in [0.1, 0.15) is 50.7 Å². The molecule has 3 aromatic heterocycles. The Balaban J connectivity index is 0.00000413. The first-order valence-corrected chi connectivity index (χ1v) is 18.3. The fraction of sp³-hybridized carbons (Fsp3) is 0.125. The molecule has 0 aliphatic heterocycles. The van der Waals surface area contributed by atoms with E-state index < -0.39 is 0 Å². The minimum absolute atomic E-state index is 0. The molecule has 54 heavy (non-hydrogen) atoms. The Morgan fingerprint density at radius 3 is 1.98 bits per heavy atom. The summed E-state index contributed by atoms with van der Waals surface area (Å²) in [7, 11) is 0. The number of pyridine rings is 1. The number of imidazole rings is 1. The Hall–Kier alpha value is -5.77. The van der Waals surface area contributed by atoms with Crippen molar-refractivity contribution in [3.8, 4) is 39.8 Å². The zero-order chi connectivity index (χ0) is 36.1. The number of benzene rings is 6. The molecule has 0 aliphatic rings. The van der Waals surface area contributed by atoms with Crippen LogP contribution in [-0.4, -0.2) is 18.7 Å². The van der Waals surface area contributed by atoms with Crippen molar-refractivity contribution in [1.82, 2.24) is 18.7 Å². The van der Waals surface area contributed by atoms with Crippen LogP contribution in [0.4, 0.5) is 0 Å². The zero-order valence-electron chi connectivity index (χ0n) is 30.6. The van der Waals surface area contributed by atoms with E-state index in [4.69, 9.17) is 9.72 Å². The molecule has 6 heteroatoms. The van der Waals surface area contributed by atoms with Crippen molar-refractivity contribution in [2.24, 2.45) is 0 Å². The molecule has 5 nitrogen and oxygen atoms in total. The van der Waals surface area contributed by atoms with E-state index in [-0.39, 0.29) is 21.1 Å². The molecule has 0 atom stereocenters. The van der Waals surface area contributed by atoms with E-state index in [1.807, 2.05) is 30.5 Å². The fourth-order valence-electron chi connectivity index (χ4n) is 7.60. The first-order chi connectivity index (χ1) is 25.9. The van der Waals surface area contributed by atoms with Crippen LogP contribution >= 0.6 is 0 Å². The summed E-state index contributed by atoms with van der Waals surface area (Å²) in [5.74, 6) is 2.83. The summed E-state index contributed by atoms with van der Waals surface area (Å²) >= 11 is 0. The second-order valence-corrected chi connectivity index (χ2v) is 14.1. The fourth-order valence-corrected chi connectivity index (χ4v) is 7.60. The van der Waals surface area contributed by atoms with Gasteiger partial charge >= 0.3 is 0 Å². The van der Waals surface area contributed by atoms with Crippen molar-refractivity contribution in [2.45, 2.75) is 39.5 Å². The Labute approximate surface area is 330 Å². The molecular formula is C48H39N4OPt-. The van der Waals surface area contributed by atoms with Gasteiger partial charge in [-0.15, -0.1) is 29.7 Å². The van der Waals surface area contributed by atoms with Gasteiger partial charge in [-0.3, -0.25) is 0 Å². The summed E-state index contributed by atoms with van der Waals surface area (Å²) in [6, 6.07) is 55.6. The van der Waals surface area contributed by atoms with Gasteiger partial charge < -0.3 is 9.30 Å². The van der Waals surface area contributed by atoms with Crippen LogP contribution in [0.3, 0.4) is 0 Å². The molecular weight excluding hydrogens is 844 g/mol. The number of hydrogen-bond acceptors (Lipinski definition) is 2. The molecule has 0 spiro atoms. The van der Waals surface area contributed by atoms with Gasteiger partial charge in [-0.25, -0.2) is 9.55 Å². The number of ether oxygens (including phenoxy) is 1. The maximum absolute atomic E-state index is 6.55. The van der Waals surface area contributed by atoms with E-state index in [2.05, 4.69) is 175 Å². The third-order valence-electron chi connectivity index (χ3n) is 10.1. The average molecular weight is 883 g/mol. The van der Waals surface area contributed by atoms with Gasteiger partial charge in [-0.05, 0) is 69.8 Å². The van der Waals surface area contributed by atoms with Gasteiger partial charge in [0, 0.05) is 62.1 Å². The van der Waals surface area contributed by atoms with Crippen molar-refractivity contribution in [1.29, 1.82) is 0 Å². The predicted octanol–water partition coefficient (Wildman–Crippen LogP) is 12.5. The number of hydrogen-bond donors (Lipinski definition) is 0. The second kappa shape index (κ2) is 14.6. The third kappa shape index (κ3) is 6.23. The molecule has 0 aliphatic carbocycles. The van der Waals surface area contributed by atoms with Crippen molar-refractivity contribution < 1.29 is 25.8 Å². The van der Waals surface area contributed by atoms with Gasteiger partial charge in [-0.2, -0.15) is 16.7 Å². The predicted molar refractivity (Wildman–Crippen MR) is 217 cm³/mol. The quantitative estimate of drug-likeness (QED) is 0.143. The van der Waals surface area contributed by atoms with E-state index in [0.717, 1.165) is 50.0 Å². The molecule has 0 N–H and O–H groups in total. The summed E-state index contributed by atoms with van der Waals surface area (Å²) in [5, 5.41) is 2.23. The maximum Gasteiger partial charge on any atom is 0.168 e. The Kier molecular flexibility index (Phi) is 9.52. The van der Waals surface area contributed by atoms with Crippen molar-refractivity contribution in [3.05, 3.63) is 175 Å². The monoisotopic (exact) mass is 882 g/mol. The van der Waals surface area contributed by atoms with Crippen molar-refractivity contribution in [2.75, 3.05) is 0 Å². The molecule has 0 saturated heterocycles. The molecule has 6 aromatic carbocycles. The first-order valence-electron chi connectivity index (χ1n) is 18.3. The van der Waals surface area contributed by atoms with E-state index in [9.17, 15) is 0 Å². The third-order valence-corrected chi connectivity index (χ3v) is 10.1. The molecule has 3 heterocycles. The van der Waals surface area contributed by atoms with Crippen LogP contribution in [0.5, 0.6) is 11.5 Å². The Morgan fingerprint density at radius 2 is 1.24 bits per heavy atom. The van der Waals surface area contributed by atoms with Crippen LogP contribution in [-0.2, 0) is 21.1 Å². The van der Waals surface area contributed by atoms with Gasteiger partial charge in [-0.1, -0.05) is 106 Å². The van der Waals surface area contributed by atoms with Crippen LogP contribution in [0, 0.1) is 12.1 Å². The van der Waals surface area contributed by atoms with E-state index >= 15 is 0 Å². The maximum atomic E-state index is 6.55. The van der Waals surface area contributed by atoms with Crippen molar-refractivity contribution >= 4 is 32.8 Å². The number of fused-ring (bicyclic) bond motifs is 4. The summed E-state index contributed by atoms with van der Waals surface area (Å²) < 4.78 is 13.1. The van der Waals surface area contributed by atoms with Gasteiger partial charge in [0.2, 0.25) is 0 Å². The molecule has 0 amide bonds. The molecule has 0 unspecified atom stereocenters. The van der Waals surface area contributed by atoms with Crippen LogP contribution in [0.25, 0.3) is 61.2 Å². The van der Waals surface area contributed by atoms with E-state index in [0.29, 0.717) is 23.3 Å². The first kappa shape index (κ1) is 35.3. The van der Waals surface area contributed by atoms with Crippen LogP contribution in [0.15, 0.2) is 152 Å². The normalized spacial score (nSPS) is 11.5. The summed E-state index contributed by atoms with van der Waals surface area (Å²) in [5.41, 5.74) is 11.3. The SMILES string of the molecule is CC(C)c1cccc(C(C)C)c1-c1ccnc(-n2c3[c-]c(Oc4[c-]c(-n5[cH+]n(-c6ccccc6)c6ccccc65)ccc4)ccc3c3ccccc32)c1.[Pt]. The van der Waals surface area contributed by atoms with Gasteiger partial charge in [0.1, 0.15) is 11.5 Å². The number of nitrogens with zero attached hydrogens (tertiary/aromatic N) is 4. The number of aromatic nitrogens is 4.